The second-order valence-corrected chi connectivity index (χ2v) is 6.74. The molecule has 0 aliphatic carbocycles. The quantitative estimate of drug-likeness (QED) is 0.598. The van der Waals surface area contributed by atoms with Crippen LogP contribution in [-0.2, 0) is 0 Å². The average Bonchev–Trinajstić information content (AvgIpc) is 3.29. The van der Waals surface area contributed by atoms with Crippen LogP contribution >= 0.6 is 0 Å². The minimum Gasteiger partial charge on any atom is -0.465 e. The van der Waals surface area contributed by atoms with E-state index in [-0.39, 0.29) is 6.23 Å². The molecule has 0 aromatic heterocycles. The zero-order valence-electron chi connectivity index (χ0n) is 16.9. The van der Waals surface area contributed by atoms with Gasteiger partial charge in [-0.25, -0.2) is 0 Å². The van der Waals surface area contributed by atoms with E-state index < -0.39 is 0 Å². The molecule has 2 aliphatic rings. The molecule has 2 aromatic carbocycles. The minimum absolute atomic E-state index is 0.0587. The summed E-state index contributed by atoms with van der Waals surface area (Å²) >= 11 is 0. The van der Waals surface area contributed by atoms with Crippen molar-refractivity contribution >= 4 is 11.4 Å². The lowest BCUT2D eigenvalue weighted by atomic mass is 10.3. The van der Waals surface area contributed by atoms with E-state index in [1.807, 2.05) is 72.9 Å². The normalized spacial score (nSPS) is 19.4. The third-order valence-corrected chi connectivity index (χ3v) is 4.98. The van der Waals surface area contributed by atoms with Crippen molar-refractivity contribution in [1.82, 2.24) is 0 Å². The van der Waals surface area contributed by atoms with Crippen LogP contribution in [0.2, 0.25) is 0 Å². The van der Waals surface area contributed by atoms with Gasteiger partial charge in [-0.05, 0) is 50.3 Å². The van der Waals surface area contributed by atoms with Gasteiger partial charge in [0.25, 0.3) is 0 Å². The van der Waals surface area contributed by atoms with Crippen molar-refractivity contribution in [3.8, 4) is 11.5 Å². The van der Waals surface area contributed by atoms with E-state index in [0.717, 1.165) is 41.8 Å². The van der Waals surface area contributed by atoms with Crippen molar-refractivity contribution in [1.29, 1.82) is 0 Å². The van der Waals surface area contributed by atoms with Crippen molar-refractivity contribution in [3.63, 3.8) is 0 Å². The fraction of sp³-hybridized carbons (Fsp3) is 0.200. The maximum atomic E-state index is 6.02. The molecule has 0 bridgehead atoms. The molecule has 2 aliphatic heterocycles. The summed E-state index contributed by atoms with van der Waals surface area (Å²) in [5.74, 6) is 2.70. The molecule has 4 rings (SSSR count). The van der Waals surface area contributed by atoms with Gasteiger partial charge in [-0.1, -0.05) is 54.6 Å². The molecule has 2 heterocycles. The minimum atomic E-state index is -0.0587. The molecule has 0 saturated heterocycles. The molecule has 0 saturated carbocycles. The zero-order valence-corrected chi connectivity index (χ0v) is 16.9. The maximum absolute atomic E-state index is 6.02. The number of hydrogen-bond acceptors (Lipinski definition) is 4. The predicted octanol–water partition coefficient (Wildman–Crippen LogP) is 5.66. The van der Waals surface area contributed by atoms with E-state index >= 15 is 0 Å². The van der Waals surface area contributed by atoms with Gasteiger partial charge in [-0.3, -0.25) is 0 Å². The first-order valence-electron chi connectivity index (χ1n) is 10.1. The van der Waals surface area contributed by atoms with E-state index in [1.165, 1.54) is 0 Å². The molecule has 0 radical (unpaired) electrons. The van der Waals surface area contributed by atoms with E-state index in [0.29, 0.717) is 0 Å². The fourth-order valence-corrected chi connectivity index (χ4v) is 3.61. The Morgan fingerprint density at radius 1 is 0.793 bits per heavy atom. The van der Waals surface area contributed by atoms with Crippen LogP contribution in [0.3, 0.4) is 0 Å². The second-order valence-electron chi connectivity index (χ2n) is 6.74. The maximum Gasteiger partial charge on any atom is 0.200 e. The highest BCUT2D eigenvalue weighted by Crippen LogP contribution is 2.38. The van der Waals surface area contributed by atoms with Crippen LogP contribution in [0.1, 0.15) is 13.8 Å². The van der Waals surface area contributed by atoms with Gasteiger partial charge in [0.15, 0.2) is 12.0 Å². The Bertz CT molecular complexity index is 974. The Kier molecular flexibility index (Phi) is 5.71. The molecular weight excluding hydrogens is 360 g/mol. The first-order chi connectivity index (χ1) is 14.3. The summed E-state index contributed by atoms with van der Waals surface area (Å²) < 4.78 is 12.0. The Morgan fingerprint density at radius 2 is 1.48 bits per heavy atom. The average molecular weight is 386 g/mol. The number of para-hydroxylation sites is 4. The van der Waals surface area contributed by atoms with Gasteiger partial charge < -0.3 is 19.3 Å². The van der Waals surface area contributed by atoms with Crippen molar-refractivity contribution in [2.75, 3.05) is 22.9 Å². The topological polar surface area (TPSA) is 24.9 Å². The highest BCUT2D eigenvalue weighted by molar-refractivity contribution is 5.66. The van der Waals surface area contributed by atoms with Gasteiger partial charge in [0.05, 0.1) is 11.4 Å². The summed E-state index contributed by atoms with van der Waals surface area (Å²) in [6, 6.07) is 16.3. The largest absolute Gasteiger partial charge is 0.465 e. The fourth-order valence-electron chi connectivity index (χ4n) is 3.61. The van der Waals surface area contributed by atoms with Gasteiger partial charge in [0, 0.05) is 13.1 Å². The Hall–Kier alpha value is -3.40. The summed E-state index contributed by atoms with van der Waals surface area (Å²) in [5.41, 5.74) is 2.27. The lowest BCUT2D eigenvalue weighted by molar-refractivity contribution is 0.275. The van der Waals surface area contributed by atoms with Gasteiger partial charge in [0.2, 0.25) is 5.88 Å². The monoisotopic (exact) mass is 386 g/mol. The van der Waals surface area contributed by atoms with Crippen LogP contribution in [-0.4, -0.2) is 19.3 Å². The molecule has 29 heavy (non-hydrogen) atoms. The van der Waals surface area contributed by atoms with E-state index in [9.17, 15) is 0 Å². The van der Waals surface area contributed by atoms with Gasteiger partial charge in [0.1, 0.15) is 5.75 Å². The van der Waals surface area contributed by atoms with Crippen molar-refractivity contribution in [3.05, 3.63) is 96.9 Å². The number of ether oxygens (including phenoxy) is 2. The molecule has 0 spiro atoms. The number of fused-ring (bicyclic) bond motifs is 2. The van der Waals surface area contributed by atoms with E-state index in [1.54, 1.807) is 0 Å². The molecule has 1 unspecified atom stereocenters. The molecule has 148 valence electrons. The molecule has 4 heteroatoms. The number of nitrogens with zero attached hydrogens (tertiary/aromatic N) is 2. The van der Waals surface area contributed by atoms with Crippen molar-refractivity contribution < 1.29 is 9.47 Å². The molecule has 0 N–H and O–H groups in total. The second kappa shape index (κ2) is 8.74. The molecule has 0 amide bonds. The number of anilines is 2. The molecule has 2 aromatic rings. The van der Waals surface area contributed by atoms with Crippen LogP contribution < -0.4 is 19.3 Å². The van der Waals surface area contributed by atoms with Crippen LogP contribution in [0.5, 0.6) is 11.5 Å². The molecule has 4 nitrogen and oxygen atoms in total. The SMILES string of the molecule is CCN1C(=CC=CC=CC=CC2Oc3ccccc3N2CC)Oc2ccccc21. The van der Waals surface area contributed by atoms with Crippen molar-refractivity contribution in [2.45, 2.75) is 20.1 Å². The van der Waals surface area contributed by atoms with Gasteiger partial charge >= 0.3 is 0 Å². The first-order valence-corrected chi connectivity index (χ1v) is 10.1. The summed E-state index contributed by atoms with van der Waals surface area (Å²) in [4.78, 5) is 4.41. The van der Waals surface area contributed by atoms with Crippen LogP contribution in [0.15, 0.2) is 96.9 Å². The van der Waals surface area contributed by atoms with Gasteiger partial charge in [-0.2, -0.15) is 0 Å². The number of hydrogen-bond donors (Lipinski definition) is 0. The lowest BCUT2D eigenvalue weighted by Gasteiger charge is -2.20. The summed E-state index contributed by atoms with van der Waals surface area (Å²) in [5, 5.41) is 0. The van der Waals surface area contributed by atoms with E-state index in [4.69, 9.17) is 9.47 Å². The summed E-state index contributed by atoms with van der Waals surface area (Å²) in [6.07, 6.45) is 14.0. The van der Waals surface area contributed by atoms with Gasteiger partial charge in [-0.15, -0.1) is 0 Å². The summed E-state index contributed by atoms with van der Waals surface area (Å²) in [7, 11) is 0. The molecular formula is C25H26N2O2. The number of likely N-dealkylation sites (N-methyl/N-ethyl adjacent to an activating group) is 1. The number of allylic oxidation sites excluding steroid dienone is 6. The first kappa shape index (κ1) is 18.9. The third-order valence-electron chi connectivity index (χ3n) is 4.98. The Labute approximate surface area is 172 Å². The Morgan fingerprint density at radius 3 is 2.28 bits per heavy atom. The summed E-state index contributed by atoms with van der Waals surface area (Å²) in [6.45, 7) is 6.03. The smallest absolute Gasteiger partial charge is 0.200 e. The highest BCUT2D eigenvalue weighted by Gasteiger charge is 2.27. The van der Waals surface area contributed by atoms with E-state index in [2.05, 4.69) is 41.9 Å². The Balaban J connectivity index is 1.34. The van der Waals surface area contributed by atoms with Crippen LogP contribution in [0, 0.1) is 0 Å². The number of benzene rings is 2. The number of rotatable bonds is 6. The molecule has 1 atom stereocenters. The van der Waals surface area contributed by atoms with Crippen LogP contribution in [0.25, 0.3) is 0 Å². The standard InChI is InChI=1S/C25H26N2O2/c1-3-26-20-14-10-12-16-22(20)28-24(26)18-8-6-5-7-9-19-25-27(4-2)21-15-11-13-17-23(21)29-25/h5-19,24H,3-4H2,1-2H3. The third kappa shape index (κ3) is 3.92. The lowest BCUT2D eigenvalue weighted by Crippen LogP contribution is -2.32. The zero-order chi connectivity index (χ0) is 20.1. The van der Waals surface area contributed by atoms with Crippen molar-refractivity contribution in [2.24, 2.45) is 0 Å². The highest BCUT2D eigenvalue weighted by atomic mass is 16.5. The predicted molar refractivity (Wildman–Crippen MR) is 119 cm³/mol. The molecule has 0 fully saturated rings. The van der Waals surface area contributed by atoms with Crippen LogP contribution in [0.4, 0.5) is 11.4 Å².